The van der Waals surface area contributed by atoms with E-state index in [1.807, 2.05) is 6.07 Å². The molecule has 2 aliphatic carbocycles. The molecule has 0 heterocycles. The van der Waals surface area contributed by atoms with Crippen molar-refractivity contribution in [2.45, 2.75) is 0 Å². The topological polar surface area (TPSA) is 31.5 Å². The van der Waals surface area contributed by atoms with Gasteiger partial charge in [0.15, 0.2) is 0 Å². The van der Waals surface area contributed by atoms with Gasteiger partial charge < -0.3 is 5.48 Å². The molecule has 2 aliphatic rings. The van der Waals surface area contributed by atoms with Crippen molar-refractivity contribution in [2.24, 2.45) is 0 Å². The Labute approximate surface area is 65.9 Å². The van der Waals surface area contributed by atoms with Gasteiger partial charge in [0, 0.05) is 0 Å². The molecule has 1 heteroatoms. The van der Waals surface area contributed by atoms with E-state index in [2.05, 4.69) is 42.5 Å². The van der Waals surface area contributed by atoms with Crippen LogP contribution in [0.4, 0.5) is 0 Å². The average Bonchev–Trinajstić information content (AvgIpc) is 2.28. The zero-order valence-electron chi connectivity index (χ0n) is 6.12. The molecule has 0 amide bonds. The van der Waals surface area contributed by atoms with Gasteiger partial charge in [-0.1, -0.05) is 48.5 Å². The molecule has 0 bridgehead atoms. The summed E-state index contributed by atoms with van der Waals surface area (Å²) in [6, 6.07) is 16.7. The summed E-state index contributed by atoms with van der Waals surface area (Å²) in [4.78, 5) is 0. The molecule has 0 aliphatic heterocycles. The Morgan fingerprint density at radius 1 is 0.545 bits per heavy atom. The van der Waals surface area contributed by atoms with Crippen LogP contribution in [0, 0.1) is 0 Å². The second-order valence-electron chi connectivity index (χ2n) is 2.35. The summed E-state index contributed by atoms with van der Waals surface area (Å²) in [6.07, 6.45) is 0. The molecule has 0 radical (unpaired) electrons. The lowest BCUT2D eigenvalue weighted by molar-refractivity contribution is 0.824. The van der Waals surface area contributed by atoms with Gasteiger partial charge in [-0.25, -0.2) is 0 Å². The van der Waals surface area contributed by atoms with Crippen LogP contribution in [0.25, 0.3) is 11.1 Å². The van der Waals surface area contributed by atoms with E-state index in [1.165, 1.54) is 11.1 Å². The summed E-state index contributed by atoms with van der Waals surface area (Å²) in [5.41, 5.74) is 2.62. The van der Waals surface area contributed by atoms with E-state index < -0.39 is 0 Å². The van der Waals surface area contributed by atoms with Gasteiger partial charge in [-0.15, -0.1) is 0 Å². The third-order valence-electron chi connectivity index (χ3n) is 1.66. The third kappa shape index (κ3) is 1.38. The molecule has 0 atom stereocenters. The molecule has 2 N–H and O–H groups in total. The maximum absolute atomic E-state index is 2.12. The number of fused-ring (bicyclic) bond motifs is 1. The summed E-state index contributed by atoms with van der Waals surface area (Å²) in [6.45, 7) is 0. The van der Waals surface area contributed by atoms with E-state index in [1.54, 1.807) is 0 Å². The monoisotopic (exact) mass is 146 g/mol. The molecule has 0 aromatic carbocycles. The highest BCUT2D eigenvalue weighted by atomic mass is 16.0. The lowest BCUT2D eigenvalue weighted by atomic mass is 10.2. The molecule has 2 rings (SSSR count). The Morgan fingerprint density at radius 3 is 1.55 bits per heavy atom. The maximum Gasteiger partial charge on any atom is -0.0184 e. The molecule has 0 aromatic heterocycles. The lowest BCUT2D eigenvalue weighted by Gasteiger charge is -1.85. The Bertz CT molecular complexity index is 276. The van der Waals surface area contributed by atoms with Crippen LogP contribution in [0.3, 0.4) is 0 Å². The molecule has 0 aromatic rings. The van der Waals surface area contributed by atoms with Crippen molar-refractivity contribution in [3.63, 3.8) is 0 Å². The maximum atomic E-state index is 2.12. The predicted molar refractivity (Wildman–Crippen MR) is 46.7 cm³/mol. The molecular weight excluding hydrogens is 136 g/mol. The average molecular weight is 146 g/mol. The summed E-state index contributed by atoms with van der Waals surface area (Å²) in [5, 5.41) is 0. The van der Waals surface area contributed by atoms with Crippen molar-refractivity contribution in [3.05, 3.63) is 48.5 Å². The molecule has 0 saturated carbocycles. The van der Waals surface area contributed by atoms with Gasteiger partial charge >= 0.3 is 0 Å². The van der Waals surface area contributed by atoms with Crippen LogP contribution in [-0.4, -0.2) is 5.48 Å². The smallest absolute Gasteiger partial charge is 0.0184 e. The van der Waals surface area contributed by atoms with Gasteiger partial charge in [0.2, 0.25) is 0 Å². The fourth-order valence-electron chi connectivity index (χ4n) is 1.13. The number of hydrogen-bond acceptors (Lipinski definition) is 0. The highest BCUT2D eigenvalue weighted by molar-refractivity contribution is 5.65. The van der Waals surface area contributed by atoms with E-state index in [0.29, 0.717) is 0 Å². The van der Waals surface area contributed by atoms with Crippen LogP contribution in [0.5, 0.6) is 0 Å². The van der Waals surface area contributed by atoms with Crippen molar-refractivity contribution in [3.8, 4) is 11.1 Å². The van der Waals surface area contributed by atoms with Gasteiger partial charge in [-0.3, -0.25) is 0 Å². The predicted octanol–water partition coefficient (Wildman–Crippen LogP) is 1.97. The zero-order chi connectivity index (χ0) is 6.81. The van der Waals surface area contributed by atoms with Crippen molar-refractivity contribution >= 4 is 0 Å². The van der Waals surface area contributed by atoms with E-state index in [9.17, 15) is 0 Å². The third-order valence-corrected chi connectivity index (χ3v) is 1.66. The quantitative estimate of drug-likeness (QED) is 0.544. The molecule has 0 fully saturated rings. The first-order valence-corrected chi connectivity index (χ1v) is 3.40. The van der Waals surface area contributed by atoms with Gasteiger partial charge in [0.25, 0.3) is 0 Å². The van der Waals surface area contributed by atoms with Crippen LogP contribution in [-0.2, 0) is 0 Å². The van der Waals surface area contributed by atoms with E-state index >= 15 is 0 Å². The Hall–Kier alpha value is -1.34. The Balaban J connectivity index is 0.000000605. The number of rotatable bonds is 0. The van der Waals surface area contributed by atoms with Gasteiger partial charge in [0.05, 0.1) is 0 Å². The first-order chi connectivity index (χ1) is 4.97. The molecular formula is C10H10O. The largest absolute Gasteiger partial charge is 0.412 e. The Kier molecular flexibility index (Phi) is 2.24. The van der Waals surface area contributed by atoms with E-state index in [-0.39, 0.29) is 5.48 Å². The first kappa shape index (κ1) is 7.76. The van der Waals surface area contributed by atoms with Gasteiger partial charge in [0.1, 0.15) is 0 Å². The van der Waals surface area contributed by atoms with Crippen molar-refractivity contribution in [1.82, 2.24) is 0 Å². The van der Waals surface area contributed by atoms with Gasteiger partial charge in [-0.2, -0.15) is 0 Å². The molecule has 0 saturated heterocycles. The lowest BCUT2D eigenvalue weighted by Crippen LogP contribution is -1.59. The molecule has 11 heavy (non-hydrogen) atoms. The summed E-state index contributed by atoms with van der Waals surface area (Å²) in [5.74, 6) is 0. The van der Waals surface area contributed by atoms with Crippen LogP contribution in [0.1, 0.15) is 0 Å². The van der Waals surface area contributed by atoms with Crippen molar-refractivity contribution in [1.29, 1.82) is 0 Å². The normalized spacial score (nSPS) is 9.09. The standard InChI is InChI=1S/C10H8.H2O/c1-2-5-9-7-4-8-10(9)6-3-1;/h1-8H;1H2. The Morgan fingerprint density at radius 2 is 1.00 bits per heavy atom. The summed E-state index contributed by atoms with van der Waals surface area (Å²) >= 11 is 0. The van der Waals surface area contributed by atoms with Crippen LogP contribution in [0.15, 0.2) is 48.5 Å². The molecule has 0 spiro atoms. The minimum absolute atomic E-state index is 0. The fraction of sp³-hybridized carbons (Fsp3) is 0. The molecule has 56 valence electrons. The zero-order valence-corrected chi connectivity index (χ0v) is 6.12. The van der Waals surface area contributed by atoms with E-state index in [0.717, 1.165) is 0 Å². The SMILES string of the molecule is O.c1ccc2cccc-2cc1. The summed E-state index contributed by atoms with van der Waals surface area (Å²) in [7, 11) is 0. The first-order valence-electron chi connectivity index (χ1n) is 3.40. The highest BCUT2D eigenvalue weighted by Gasteiger charge is 1.94. The highest BCUT2D eigenvalue weighted by Crippen LogP contribution is 2.19. The molecule has 1 nitrogen and oxygen atoms in total. The van der Waals surface area contributed by atoms with E-state index in [4.69, 9.17) is 0 Å². The fourth-order valence-corrected chi connectivity index (χ4v) is 1.13. The minimum Gasteiger partial charge on any atom is -0.412 e. The molecule has 0 unspecified atom stereocenters. The minimum atomic E-state index is 0. The number of hydrogen-bond donors (Lipinski definition) is 0. The second kappa shape index (κ2) is 3.17. The van der Waals surface area contributed by atoms with Crippen LogP contribution >= 0.6 is 0 Å². The second-order valence-corrected chi connectivity index (χ2v) is 2.35. The van der Waals surface area contributed by atoms with Crippen molar-refractivity contribution in [2.75, 3.05) is 0 Å². The van der Waals surface area contributed by atoms with Crippen molar-refractivity contribution < 1.29 is 5.48 Å². The van der Waals surface area contributed by atoms with Gasteiger partial charge in [-0.05, 0) is 11.1 Å². The van der Waals surface area contributed by atoms with Crippen LogP contribution < -0.4 is 0 Å². The van der Waals surface area contributed by atoms with Crippen LogP contribution in [0.2, 0.25) is 0 Å². The summed E-state index contributed by atoms with van der Waals surface area (Å²) < 4.78 is 0.